The molecule has 164 valence electrons. The van der Waals surface area contributed by atoms with E-state index < -0.39 is 11.2 Å². The molecule has 0 bridgehead atoms. The highest BCUT2D eigenvalue weighted by Gasteiger charge is 2.21. The maximum Gasteiger partial charge on any atom is 0.330 e. The third kappa shape index (κ3) is 4.20. The van der Waals surface area contributed by atoms with Crippen LogP contribution in [0, 0.1) is 0 Å². The minimum atomic E-state index is -0.677. The number of nitrogen functional groups attached to an aromatic ring is 1. The number of nitrogens with one attached hydrogen (secondary N) is 2. The lowest BCUT2D eigenvalue weighted by Crippen LogP contribution is -2.39. The average Bonchev–Trinajstić information content (AvgIpc) is 3.20. The number of hydrogen-bond donors (Lipinski definition) is 3. The van der Waals surface area contributed by atoms with E-state index in [0.29, 0.717) is 6.42 Å². The predicted molar refractivity (Wildman–Crippen MR) is 126 cm³/mol. The minimum absolute atomic E-state index is 0.0161. The smallest absolute Gasteiger partial charge is 0.330 e. The van der Waals surface area contributed by atoms with Crippen molar-refractivity contribution in [2.75, 3.05) is 17.7 Å². The summed E-state index contributed by atoms with van der Waals surface area (Å²) in [6, 6.07) is 17.3. The number of rotatable bonds is 7. The Bertz CT molecular complexity index is 1370. The molecule has 2 aromatic heterocycles. The van der Waals surface area contributed by atoms with Gasteiger partial charge in [-0.25, -0.2) is 4.79 Å². The number of H-pyrrole nitrogens is 2. The Balaban J connectivity index is 1.50. The van der Waals surface area contributed by atoms with Crippen LogP contribution in [0.4, 0.5) is 11.5 Å². The Kier molecular flexibility index (Phi) is 5.93. The Morgan fingerprint density at radius 2 is 1.78 bits per heavy atom. The third-order valence-electron chi connectivity index (χ3n) is 5.62. The van der Waals surface area contributed by atoms with E-state index in [2.05, 4.69) is 9.97 Å². The SMILES string of the molecule is CN(C(=O)CCCc1c[nH]c2ccccc12)c1c(N)n(Cc2ccccc2)c(=O)[nH]c1=O. The number of hydrogen-bond acceptors (Lipinski definition) is 4. The summed E-state index contributed by atoms with van der Waals surface area (Å²) in [4.78, 5) is 44.4. The zero-order chi connectivity index (χ0) is 22.7. The van der Waals surface area contributed by atoms with Crippen molar-refractivity contribution >= 4 is 28.3 Å². The van der Waals surface area contributed by atoms with Crippen molar-refractivity contribution in [2.45, 2.75) is 25.8 Å². The van der Waals surface area contributed by atoms with Gasteiger partial charge in [0.1, 0.15) is 5.82 Å². The minimum Gasteiger partial charge on any atom is -0.383 e. The second-order valence-electron chi connectivity index (χ2n) is 7.73. The van der Waals surface area contributed by atoms with Crippen LogP contribution < -0.4 is 21.9 Å². The largest absolute Gasteiger partial charge is 0.383 e. The molecule has 0 atom stereocenters. The Labute approximate surface area is 184 Å². The Morgan fingerprint density at radius 3 is 2.56 bits per heavy atom. The molecule has 32 heavy (non-hydrogen) atoms. The summed E-state index contributed by atoms with van der Waals surface area (Å²) in [6.07, 6.45) is 3.54. The van der Waals surface area contributed by atoms with Gasteiger partial charge in [-0.1, -0.05) is 48.5 Å². The number of aryl methyl sites for hydroxylation is 1. The van der Waals surface area contributed by atoms with Crippen LogP contribution in [0.5, 0.6) is 0 Å². The monoisotopic (exact) mass is 431 g/mol. The zero-order valence-electron chi connectivity index (χ0n) is 17.8. The molecule has 2 heterocycles. The van der Waals surface area contributed by atoms with Crippen LogP contribution in [0.1, 0.15) is 24.0 Å². The fourth-order valence-corrected chi connectivity index (χ4v) is 3.89. The summed E-state index contributed by atoms with van der Waals surface area (Å²) < 4.78 is 1.27. The molecule has 8 nitrogen and oxygen atoms in total. The first-order valence-electron chi connectivity index (χ1n) is 10.4. The maximum absolute atomic E-state index is 12.8. The molecule has 4 N–H and O–H groups in total. The van der Waals surface area contributed by atoms with Crippen LogP contribution >= 0.6 is 0 Å². The van der Waals surface area contributed by atoms with Crippen LogP contribution in [0.15, 0.2) is 70.4 Å². The topological polar surface area (TPSA) is 117 Å². The van der Waals surface area contributed by atoms with E-state index in [0.717, 1.165) is 28.5 Å². The molecular weight excluding hydrogens is 406 g/mol. The van der Waals surface area contributed by atoms with E-state index in [-0.39, 0.29) is 30.4 Å². The van der Waals surface area contributed by atoms with Crippen LogP contribution in [0.2, 0.25) is 0 Å². The first kappa shape index (κ1) is 21.2. The number of nitrogens with two attached hydrogens (primary N) is 1. The summed E-state index contributed by atoms with van der Waals surface area (Å²) in [5.41, 5.74) is 7.94. The second-order valence-corrected chi connectivity index (χ2v) is 7.73. The average molecular weight is 431 g/mol. The van der Waals surface area contributed by atoms with E-state index in [1.165, 1.54) is 16.5 Å². The molecule has 0 saturated carbocycles. The van der Waals surface area contributed by atoms with Gasteiger partial charge in [-0.3, -0.25) is 19.1 Å². The van der Waals surface area contributed by atoms with Crippen molar-refractivity contribution in [3.63, 3.8) is 0 Å². The molecule has 2 aromatic carbocycles. The lowest BCUT2D eigenvalue weighted by atomic mass is 10.1. The van der Waals surface area contributed by atoms with Crippen molar-refractivity contribution in [3.8, 4) is 0 Å². The number of carbonyl (C=O) groups excluding carboxylic acids is 1. The number of anilines is 2. The molecule has 0 fully saturated rings. The molecule has 0 radical (unpaired) electrons. The van der Waals surface area contributed by atoms with Crippen molar-refractivity contribution in [3.05, 3.63) is 92.8 Å². The molecule has 4 rings (SSSR count). The molecule has 0 saturated heterocycles. The van der Waals surface area contributed by atoms with Gasteiger partial charge in [0.05, 0.1) is 6.54 Å². The van der Waals surface area contributed by atoms with Gasteiger partial charge in [0, 0.05) is 30.6 Å². The maximum atomic E-state index is 12.8. The fourth-order valence-electron chi connectivity index (χ4n) is 3.89. The molecule has 0 aliphatic rings. The lowest BCUT2D eigenvalue weighted by molar-refractivity contribution is -0.118. The molecule has 8 heteroatoms. The van der Waals surface area contributed by atoms with Gasteiger partial charge < -0.3 is 15.6 Å². The van der Waals surface area contributed by atoms with Gasteiger partial charge in [0.25, 0.3) is 5.56 Å². The standard InChI is InChI=1S/C24H25N5O3/c1-28(20(30)13-7-10-17-14-26-19-12-6-5-11-18(17)19)21-22(25)29(24(32)27-23(21)31)15-16-8-3-2-4-9-16/h2-6,8-9,11-12,14,26H,7,10,13,15,25H2,1H3,(H,27,31,32). The van der Waals surface area contributed by atoms with Crippen molar-refractivity contribution in [1.29, 1.82) is 0 Å². The Morgan fingerprint density at radius 1 is 1.06 bits per heavy atom. The molecule has 4 aromatic rings. The molecule has 0 aliphatic heterocycles. The number of amides is 1. The highest BCUT2D eigenvalue weighted by Crippen LogP contribution is 2.21. The van der Waals surface area contributed by atoms with Crippen molar-refractivity contribution < 1.29 is 4.79 Å². The number of benzene rings is 2. The number of para-hydroxylation sites is 1. The Hall–Kier alpha value is -4.07. The number of fused-ring (bicyclic) bond motifs is 1. The van der Waals surface area contributed by atoms with Crippen LogP contribution in [0.25, 0.3) is 10.9 Å². The zero-order valence-corrected chi connectivity index (χ0v) is 17.8. The first-order valence-corrected chi connectivity index (χ1v) is 10.4. The summed E-state index contributed by atoms with van der Waals surface area (Å²) in [5, 5.41) is 1.14. The summed E-state index contributed by atoms with van der Waals surface area (Å²) >= 11 is 0. The molecule has 1 amide bonds. The third-order valence-corrected chi connectivity index (χ3v) is 5.62. The molecule has 0 spiro atoms. The number of aromatic amines is 2. The highest BCUT2D eigenvalue weighted by molar-refractivity contribution is 5.95. The van der Waals surface area contributed by atoms with E-state index in [9.17, 15) is 14.4 Å². The van der Waals surface area contributed by atoms with E-state index >= 15 is 0 Å². The molecule has 0 aliphatic carbocycles. The van der Waals surface area contributed by atoms with Gasteiger partial charge in [-0.05, 0) is 30.0 Å². The fraction of sp³-hybridized carbons (Fsp3) is 0.208. The number of aromatic nitrogens is 3. The van der Waals surface area contributed by atoms with Gasteiger partial charge >= 0.3 is 5.69 Å². The van der Waals surface area contributed by atoms with E-state index in [1.807, 2.05) is 60.8 Å². The van der Waals surface area contributed by atoms with Gasteiger partial charge in [0.2, 0.25) is 5.91 Å². The summed E-state index contributed by atoms with van der Waals surface area (Å²) in [7, 11) is 1.51. The van der Waals surface area contributed by atoms with Gasteiger partial charge in [0.15, 0.2) is 5.69 Å². The van der Waals surface area contributed by atoms with Crippen molar-refractivity contribution in [2.24, 2.45) is 0 Å². The van der Waals surface area contributed by atoms with Crippen LogP contribution in [-0.4, -0.2) is 27.5 Å². The first-order chi connectivity index (χ1) is 15.5. The highest BCUT2D eigenvalue weighted by atomic mass is 16.2. The van der Waals surface area contributed by atoms with Crippen molar-refractivity contribution in [1.82, 2.24) is 14.5 Å². The van der Waals surface area contributed by atoms with E-state index in [1.54, 1.807) is 0 Å². The van der Waals surface area contributed by atoms with Gasteiger partial charge in [-0.2, -0.15) is 0 Å². The predicted octanol–water partition coefficient (Wildman–Crippen LogP) is 2.63. The number of carbonyl (C=O) groups is 1. The van der Waals surface area contributed by atoms with Gasteiger partial charge in [-0.15, -0.1) is 0 Å². The summed E-state index contributed by atoms with van der Waals surface area (Å²) in [5.74, 6) is -0.276. The molecular formula is C24H25N5O3. The van der Waals surface area contributed by atoms with E-state index in [4.69, 9.17) is 5.73 Å². The lowest BCUT2D eigenvalue weighted by Gasteiger charge is -2.20. The quantitative estimate of drug-likeness (QED) is 0.417. The van der Waals surface area contributed by atoms with Crippen LogP contribution in [-0.2, 0) is 17.8 Å². The summed E-state index contributed by atoms with van der Waals surface area (Å²) in [6.45, 7) is 0.192. The van der Waals surface area contributed by atoms with Crippen LogP contribution in [0.3, 0.4) is 0 Å². The second kappa shape index (κ2) is 8.97. The normalized spacial score (nSPS) is 11.0. The molecule has 0 unspecified atom stereocenters. The number of nitrogens with zero attached hydrogens (tertiary/aromatic N) is 2.